The Morgan fingerprint density at radius 3 is 3.00 bits per heavy atom. The molecule has 5 heteroatoms. The monoisotopic (exact) mass is 253 g/mol. The van der Waals surface area contributed by atoms with Gasteiger partial charge in [-0.05, 0) is 32.6 Å². The Morgan fingerprint density at radius 2 is 2.24 bits per heavy atom. The fourth-order valence-corrected chi connectivity index (χ4v) is 3.11. The first-order chi connectivity index (χ1) is 8.15. The SMILES string of the molecule is CC(N)CC(=O)Nc1nc2c(s1)CCCCC2. The van der Waals surface area contributed by atoms with Crippen molar-refractivity contribution in [3.8, 4) is 0 Å². The van der Waals surface area contributed by atoms with Crippen LogP contribution in [0.5, 0.6) is 0 Å². The number of anilines is 1. The van der Waals surface area contributed by atoms with Gasteiger partial charge in [0.15, 0.2) is 5.13 Å². The molecule has 1 aliphatic carbocycles. The second-order valence-electron chi connectivity index (χ2n) is 4.68. The number of hydrogen-bond acceptors (Lipinski definition) is 4. The van der Waals surface area contributed by atoms with E-state index in [0.29, 0.717) is 6.42 Å². The maximum absolute atomic E-state index is 11.6. The summed E-state index contributed by atoms with van der Waals surface area (Å²) in [6, 6.07) is -0.104. The first-order valence-electron chi connectivity index (χ1n) is 6.19. The van der Waals surface area contributed by atoms with Crippen molar-refractivity contribution in [1.29, 1.82) is 0 Å². The molecule has 0 radical (unpaired) electrons. The third kappa shape index (κ3) is 3.51. The summed E-state index contributed by atoms with van der Waals surface area (Å²) in [5.74, 6) is -0.0380. The summed E-state index contributed by atoms with van der Waals surface area (Å²) in [5, 5.41) is 3.58. The highest BCUT2D eigenvalue weighted by Crippen LogP contribution is 2.28. The Hall–Kier alpha value is -0.940. The minimum absolute atomic E-state index is 0.0380. The fraction of sp³-hybridized carbons (Fsp3) is 0.667. The summed E-state index contributed by atoms with van der Waals surface area (Å²) >= 11 is 1.62. The smallest absolute Gasteiger partial charge is 0.227 e. The largest absolute Gasteiger partial charge is 0.327 e. The van der Waals surface area contributed by atoms with E-state index in [2.05, 4.69) is 10.3 Å². The minimum atomic E-state index is -0.104. The van der Waals surface area contributed by atoms with E-state index in [1.54, 1.807) is 11.3 Å². The first kappa shape index (κ1) is 12.5. The van der Waals surface area contributed by atoms with Crippen LogP contribution in [0.1, 0.15) is 43.2 Å². The van der Waals surface area contributed by atoms with Crippen molar-refractivity contribution in [3.63, 3.8) is 0 Å². The molecule has 3 N–H and O–H groups in total. The molecular formula is C12H19N3OS. The average molecular weight is 253 g/mol. The lowest BCUT2D eigenvalue weighted by molar-refractivity contribution is -0.116. The third-order valence-electron chi connectivity index (χ3n) is 2.85. The molecule has 4 nitrogen and oxygen atoms in total. The number of carbonyl (C=O) groups is 1. The quantitative estimate of drug-likeness (QED) is 0.810. The highest BCUT2D eigenvalue weighted by atomic mass is 32.1. The van der Waals surface area contributed by atoms with Crippen LogP contribution >= 0.6 is 11.3 Å². The van der Waals surface area contributed by atoms with Crippen molar-refractivity contribution in [2.45, 2.75) is 51.5 Å². The van der Waals surface area contributed by atoms with E-state index in [-0.39, 0.29) is 11.9 Å². The van der Waals surface area contributed by atoms with Gasteiger partial charge < -0.3 is 11.1 Å². The maximum atomic E-state index is 11.6. The van der Waals surface area contributed by atoms with E-state index in [9.17, 15) is 4.79 Å². The van der Waals surface area contributed by atoms with Gasteiger partial charge in [0.05, 0.1) is 5.69 Å². The number of aryl methyl sites for hydroxylation is 2. The first-order valence-corrected chi connectivity index (χ1v) is 7.01. The van der Waals surface area contributed by atoms with Crippen LogP contribution < -0.4 is 11.1 Å². The van der Waals surface area contributed by atoms with Crippen molar-refractivity contribution in [2.24, 2.45) is 5.73 Å². The molecule has 0 aromatic carbocycles. The van der Waals surface area contributed by atoms with Gasteiger partial charge in [-0.25, -0.2) is 4.98 Å². The number of thiazole rings is 1. The summed E-state index contributed by atoms with van der Waals surface area (Å²) in [5.41, 5.74) is 6.77. The number of nitrogens with zero attached hydrogens (tertiary/aromatic N) is 1. The Kier molecular flexibility index (Phi) is 4.12. The van der Waals surface area contributed by atoms with Crippen LogP contribution in [0, 0.1) is 0 Å². The number of nitrogens with one attached hydrogen (secondary N) is 1. The van der Waals surface area contributed by atoms with Crippen molar-refractivity contribution >= 4 is 22.4 Å². The normalized spacial score (nSPS) is 17.1. The molecule has 0 spiro atoms. The molecule has 0 bridgehead atoms. The van der Waals surface area contributed by atoms with E-state index in [1.165, 1.54) is 29.8 Å². The van der Waals surface area contributed by atoms with E-state index in [0.717, 1.165) is 18.0 Å². The van der Waals surface area contributed by atoms with Crippen LogP contribution in [-0.2, 0) is 17.6 Å². The fourth-order valence-electron chi connectivity index (χ4n) is 2.04. The molecule has 1 atom stereocenters. The standard InChI is InChI=1S/C12H19N3OS/c1-8(13)7-11(16)15-12-14-9-5-3-2-4-6-10(9)17-12/h8H,2-7,13H2,1H3,(H,14,15,16). The van der Waals surface area contributed by atoms with Crippen LogP contribution in [-0.4, -0.2) is 16.9 Å². The van der Waals surface area contributed by atoms with Gasteiger partial charge in [-0.15, -0.1) is 11.3 Å². The van der Waals surface area contributed by atoms with Gasteiger partial charge in [0.1, 0.15) is 0 Å². The topological polar surface area (TPSA) is 68.0 Å². The van der Waals surface area contributed by atoms with E-state index in [4.69, 9.17) is 5.73 Å². The second-order valence-corrected chi connectivity index (χ2v) is 5.76. The number of carbonyl (C=O) groups excluding carboxylic acids is 1. The highest BCUT2D eigenvalue weighted by molar-refractivity contribution is 7.15. The van der Waals surface area contributed by atoms with Crippen LogP contribution in [0.2, 0.25) is 0 Å². The third-order valence-corrected chi connectivity index (χ3v) is 3.92. The molecule has 1 amide bonds. The number of aromatic nitrogens is 1. The van der Waals surface area contributed by atoms with Gasteiger partial charge in [0.25, 0.3) is 0 Å². The predicted molar refractivity (Wildman–Crippen MR) is 70.3 cm³/mol. The zero-order chi connectivity index (χ0) is 12.3. The van der Waals surface area contributed by atoms with Crippen molar-refractivity contribution < 1.29 is 4.79 Å². The molecule has 1 aliphatic rings. The predicted octanol–water partition coefficient (Wildman–Crippen LogP) is 2.09. The molecule has 1 heterocycles. The molecule has 1 unspecified atom stereocenters. The van der Waals surface area contributed by atoms with Crippen molar-refractivity contribution in [3.05, 3.63) is 10.6 Å². The Balaban J connectivity index is 2.00. The summed E-state index contributed by atoms with van der Waals surface area (Å²) in [4.78, 5) is 17.4. The number of fused-ring (bicyclic) bond motifs is 1. The van der Waals surface area contributed by atoms with E-state index in [1.807, 2.05) is 6.92 Å². The van der Waals surface area contributed by atoms with Gasteiger partial charge >= 0.3 is 0 Å². The Labute approximate surface area is 106 Å². The summed E-state index contributed by atoms with van der Waals surface area (Å²) in [6.07, 6.45) is 6.25. The van der Waals surface area contributed by atoms with Crippen LogP contribution in [0.25, 0.3) is 0 Å². The molecule has 2 rings (SSSR count). The van der Waals surface area contributed by atoms with Crippen LogP contribution in [0.4, 0.5) is 5.13 Å². The number of amides is 1. The molecule has 1 aromatic rings. The van der Waals surface area contributed by atoms with Crippen LogP contribution in [0.3, 0.4) is 0 Å². The van der Waals surface area contributed by atoms with E-state index < -0.39 is 0 Å². The van der Waals surface area contributed by atoms with Crippen molar-refractivity contribution in [1.82, 2.24) is 4.98 Å². The average Bonchev–Trinajstić information content (AvgIpc) is 2.46. The molecule has 94 valence electrons. The highest BCUT2D eigenvalue weighted by Gasteiger charge is 2.15. The zero-order valence-electron chi connectivity index (χ0n) is 10.2. The number of nitrogens with two attached hydrogens (primary N) is 1. The number of hydrogen-bond donors (Lipinski definition) is 2. The molecular weight excluding hydrogens is 234 g/mol. The molecule has 17 heavy (non-hydrogen) atoms. The molecule has 0 aliphatic heterocycles. The van der Waals surface area contributed by atoms with Gasteiger partial charge in [0.2, 0.25) is 5.91 Å². The van der Waals surface area contributed by atoms with Gasteiger partial charge in [-0.3, -0.25) is 4.79 Å². The summed E-state index contributed by atoms with van der Waals surface area (Å²) in [7, 11) is 0. The van der Waals surface area contributed by atoms with Gasteiger partial charge in [-0.1, -0.05) is 6.42 Å². The zero-order valence-corrected chi connectivity index (χ0v) is 11.0. The Morgan fingerprint density at radius 1 is 1.47 bits per heavy atom. The summed E-state index contributed by atoms with van der Waals surface area (Å²) < 4.78 is 0. The lowest BCUT2D eigenvalue weighted by Gasteiger charge is -2.03. The lowest BCUT2D eigenvalue weighted by atomic mass is 10.2. The maximum Gasteiger partial charge on any atom is 0.227 e. The van der Waals surface area contributed by atoms with Gasteiger partial charge in [-0.2, -0.15) is 0 Å². The Bertz CT molecular complexity index is 377. The number of rotatable bonds is 3. The second kappa shape index (κ2) is 5.60. The van der Waals surface area contributed by atoms with Crippen molar-refractivity contribution in [2.75, 3.05) is 5.32 Å². The van der Waals surface area contributed by atoms with E-state index >= 15 is 0 Å². The summed E-state index contributed by atoms with van der Waals surface area (Å²) in [6.45, 7) is 1.83. The molecule has 0 saturated heterocycles. The van der Waals surface area contributed by atoms with Crippen LogP contribution in [0.15, 0.2) is 0 Å². The molecule has 0 fully saturated rings. The molecule has 0 saturated carbocycles. The molecule has 1 aromatic heterocycles. The van der Waals surface area contributed by atoms with Gasteiger partial charge in [0, 0.05) is 17.3 Å². The minimum Gasteiger partial charge on any atom is -0.327 e. The lowest BCUT2D eigenvalue weighted by Crippen LogP contribution is -2.23.